The smallest absolute Gasteiger partial charge is 0.250 e. The molecule has 2 amide bonds. The van der Waals surface area contributed by atoms with Gasteiger partial charge >= 0.3 is 0 Å². The molecule has 0 aliphatic heterocycles. The van der Waals surface area contributed by atoms with Gasteiger partial charge in [-0.1, -0.05) is 36.9 Å². The van der Waals surface area contributed by atoms with Crippen molar-refractivity contribution >= 4 is 40.6 Å². The van der Waals surface area contributed by atoms with Crippen LogP contribution in [0.25, 0.3) is 11.4 Å². The Hall–Kier alpha value is -2.91. The Labute approximate surface area is 177 Å². The molecule has 0 spiro atoms. The Kier molecular flexibility index (Phi) is 6.84. The number of rotatable bonds is 9. The number of aryl methyl sites for hydroxylation is 1. The number of thiophene rings is 1. The molecule has 2 heterocycles. The predicted octanol–water partition coefficient (Wildman–Crippen LogP) is 3.58. The van der Waals surface area contributed by atoms with Crippen molar-refractivity contribution in [3.63, 3.8) is 0 Å². The zero-order valence-electron chi connectivity index (χ0n) is 15.9. The topological polar surface area (TPSA) is 103 Å². The number of allylic oxidation sites excluding steroid dienone is 1. The molecule has 7 nitrogen and oxygen atoms in total. The second kappa shape index (κ2) is 9.53. The van der Waals surface area contributed by atoms with Crippen LogP contribution in [0.4, 0.5) is 5.69 Å². The molecule has 150 valence electrons. The van der Waals surface area contributed by atoms with Gasteiger partial charge in [0.25, 0.3) is 5.91 Å². The van der Waals surface area contributed by atoms with Gasteiger partial charge in [0.2, 0.25) is 5.91 Å². The molecule has 3 aromatic rings. The van der Waals surface area contributed by atoms with Gasteiger partial charge in [-0.05, 0) is 24.6 Å². The Morgan fingerprint density at radius 1 is 1.34 bits per heavy atom. The van der Waals surface area contributed by atoms with E-state index in [2.05, 4.69) is 40.5 Å². The van der Waals surface area contributed by atoms with Gasteiger partial charge in [0.05, 0.1) is 17.0 Å². The van der Waals surface area contributed by atoms with Crippen LogP contribution in [0.2, 0.25) is 0 Å². The van der Waals surface area contributed by atoms with E-state index in [0.29, 0.717) is 17.4 Å². The summed E-state index contributed by atoms with van der Waals surface area (Å²) in [4.78, 5) is 25.2. The number of hydrogen-bond acceptors (Lipinski definition) is 6. The molecule has 0 saturated carbocycles. The summed E-state index contributed by atoms with van der Waals surface area (Å²) in [5.41, 5.74) is 7.02. The fraction of sp³-hybridized carbons (Fsp3) is 0.200. The second-order valence-corrected chi connectivity index (χ2v) is 8.05. The minimum atomic E-state index is -0.592. The van der Waals surface area contributed by atoms with Crippen LogP contribution in [-0.4, -0.2) is 32.3 Å². The summed E-state index contributed by atoms with van der Waals surface area (Å²) < 4.78 is 1.93. The fourth-order valence-corrected chi connectivity index (χ4v) is 4.27. The van der Waals surface area contributed by atoms with Gasteiger partial charge in [-0.2, -0.15) is 0 Å². The molecule has 1 aromatic carbocycles. The van der Waals surface area contributed by atoms with E-state index in [1.807, 2.05) is 4.57 Å². The summed E-state index contributed by atoms with van der Waals surface area (Å²) in [6.07, 6.45) is 2.74. The highest BCUT2D eigenvalue weighted by Crippen LogP contribution is 2.28. The van der Waals surface area contributed by atoms with Crippen LogP contribution >= 0.6 is 23.1 Å². The van der Waals surface area contributed by atoms with Crippen LogP contribution in [0.1, 0.15) is 22.2 Å². The number of benzene rings is 1. The van der Waals surface area contributed by atoms with Crippen molar-refractivity contribution < 1.29 is 9.59 Å². The lowest BCUT2D eigenvalue weighted by atomic mass is 10.1. The standard InChI is InChI=1S/C20H21N5O2S2/c1-3-9-25-19(13-10-14(4-2)28-11-13)23-24-20(25)29-12-17(26)22-16-8-6-5-7-15(16)18(21)27/h3,5-8,10-11H,1,4,9,12H2,2H3,(H2,21,27)(H,22,26). The lowest BCUT2D eigenvalue weighted by Gasteiger charge is -2.09. The van der Waals surface area contributed by atoms with Crippen LogP contribution in [0.5, 0.6) is 0 Å². The van der Waals surface area contributed by atoms with Crippen molar-refractivity contribution in [2.24, 2.45) is 5.73 Å². The number of nitrogens with one attached hydrogen (secondary N) is 1. The number of anilines is 1. The number of nitrogens with two attached hydrogens (primary N) is 1. The number of para-hydroxylation sites is 1. The molecule has 0 bridgehead atoms. The summed E-state index contributed by atoms with van der Waals surface area (Å²) in [6, 6.07) is 8.74. The first kappa shape index (κ1) is 20.8. The maximum Gasteiger partial charge on any atom is 0.250 e. The van der Waals surface area contributed by atoms with Gasteiger partial charge in [-0.3, -0.25) is 14.2 Å². The monoisotopic (exact) mass is 427 g/mol. The summed E-state index contributed by atoms with van der Waals surface area (Å²) in [6.45, 7) is 6.45. The fourth-order valence-electron chi connectivity index (χ4n) is 2.71. The number of hydrogen-bond donors (Lipinski definition) is 2. The zero-order chi connectivity index (χ0) is 20.8. The Balaban J connectivity index is 1.73. The maximum absolute atomic E-state index is 12.4. The Bertz CT molecular complexity index is 1040. The quantitative estimate of drug-likeness (QED) is 0.401. The summed E-state index contributed by atoms with van der Waals surface area (Å²) in [5.74, 6) is 0.0165. The number of primary amides is 1. The number of thioether (sulfide) groups is 1. The highest BCUT2D eigenvalue weighted by molar-refractivity contribution is 7.99. The van der Waals surface area contributed by atoms with Crippen molar-refractivity contribution in [1.82, 2.24) is 14.8 Å². The van der Waals surface area contributed by atoms with Crippen molar-refractivity contribution in [3.05, 3.63) is 58.8 Å². The number of carbonyl (C=O) groups is 2. The van der Waals surface area contributed by atoms with Crippen molar-refractivity contribution in [2.45, 2.75) is 25.0 Å². The Morgan fingerprint density at radius 2 is 2.14 bits per heavy atom. The van der Waals surface area contributed by atoms with Gasteiger partial charge in [0.15, 0.2) is 11.0 Å². The first-order valence-corrected chi connectivity index (χ1v) is 10.8. The van der Waals surface area contributed by atoms with E-state index in [-0.39, 0.29) is 17.2 Å². The normalized spacial score (nSPS) is 10.7. The van der Waals surface area contributed by atoms with Crippen molar-refractivity contribution in [2.75, 3.05) is 11.1 Å². The minimum absolute atomic E-state index is 0.117. The largest absolute Gasteiger partial charge is 0.366 e. The van der Waals surface area contributed by atoms with Crippen LogP contribution in [0.3, 0.4) is 0 Å². The zero-order valence-corrected chi connectivity index (χ0v) is 17.6. The predicted molar refractivity (Wildman–Crippen MR) is 117 cm³/mol. The number of aromatic nitrogens is 3. The third-order valence-electron chi connectivity index (χ3n) is 4.09. The first-order chi connectivity index (χ1) is 14.0. The second-order valence-electron chi connectivity index (χ2n) is 6.11. The number of carbonyl (C=O) groups excluding carboxylic acids is 2. The third kappa shape index (κ3) is 4.93. The summed E-state index contributed by atoms with van der Waals surface area (Å²) in [7, 11) is 0. The molecule has 0 aliphatic rings. The number of amides is 2. The highest BCUT2D eigenvalue weighted by Gasteiger charge is 2.17. The lowest BCUT2D eigenvalue weighted by Crippen LogP contribution is -2.19. The van der Waals surface area contributed by atoms with E-state index >= 15 is 0 Å². The van der Waals surface area contributed by atoms with Gasteiger partial charge < -0.3 is 11.1 Å². The average Bonchev–Trinajstić information content (AvgIpc) is 3.33. The van der Waals surface area contributed by atoms with Gasteiger partial charge in [-0.15, -0.1) is 28.1 Å². The molecule has 0 saturated heterocycles. The van der Waals surface area contributed by atoms with E-state index in [4.69, 9.17) is 5.73 Å². The van der Waals surface area contributed by atoms with Crippen LogP contribution < -0.4 is 11.1 Å². The van der Waals surface area contributed by atoms with Crippen LogP contribution in [-0.2, 0) is 17.8 Å². The molecule has 9 heteroatoms. The molecule has 0 atom stereocenters. The first-order valence-electron chi connectivity index (χ1n) is 8.96. The van der Waals surface area contributed by atoms with Gasteiger partial charge in [0.1, 0.15) is 0 Å². The van der Waals surface area contributed by atoms with Crippen molar-refractivity contribution in [1.29, 1.82) is 0 Å². The van der Waals surface area contributed by atoms with Gasteiger partial charge in [0, 0.05) is 22.4 Å². The van der Waals surface area contributed by atoms with E-state index in [1.54, 1.807) is 41.7 Å². The van der Waals surface area contributed by atoms with Crippen molar-refractivity contribution in [3.8, 4) is 11.4 Å². The van der Waals surface area contributed by atoms with Crippen LogP contribution in [0, 0.1) is 0 Å². The Morgan fingerprint density at radius 3 is 2.83 bits per heavy atom. The maximum atomic E-state index is 12.4. The van der Waals surface area contributed by atoms with Gasteiger partial charge in [-0.25, -0.2) is 0 Å². The molecule has 0 unspecified atom stereocenters. The molecule has 2 aromatic heterocycles. The summed E-state index contributed by atoms with van der Waals surface area (Å²) >= 11 is 2.96. The van der Waals surface area contributed by atoms with E-state index < -0.39 is 5.91 Å². The molecule has 0 radical (unpaired) electrons. The van der Waals surface area contributed by atoms with E-state index in [1.165, 1.54) is 16.6 Å². The molecule has 0 fully saturated rings. The minimum Gasteiger partial charge on any atom is -0.366 e. The molecule has 0 aliphatic carbocycles. The SMILES string of the molecule is C=CCn1c(SCC(=O)Nc2ccccc2C(N)=O)nnc1-c1csc(CC)c1. The highest BCUT2D eigenvalue weighted by atomic mass is 32.2. The lowest BCUT2D eigenvalue weighted by molar-refractivity contribution is -0.113. The molecule has 3 N–H and O–H groups in total. The molecular formula is C20H21N5O2S2. The van der Waals surface area contributed by atoms with E-state index in [0.717, 1.165) is 17.8 Å². The average molecular weight is 428 g/mol. The third-order valence-corrected chi connectivity index (χ3v) is 6.14. The number of nitrogens with zero attached hydrogens (tertiary/aromatic N) is 3. The molecule has 29 heavy (non-hydrogen) atoms. The summed E-state index contributed by atoms with van der Waals surface area (Å²) in [5, 5.41) is 14.0. The molecular weight excluding hydrogens is 406 g/mol. The van der Waals surface area contributed by atoms with E-state index in [9.17, 15) is 9.59 Å². The van der Waals surface area contributed by atoms with Crippen LogP contribution in [0.15, 0.2) is 53.5 Å². The molecule has 3 rings (SSSR count).